The van der Waals surface area contributed by atoms with E-state index in [-0.39, 0.29) is 36.7 Å². The molecule has 1 aliphatic carbocycles. The van der Waals surface area contributed by atoms with Crippen LogP contribution in [0.1, 0.15) is 57.2 Å². The molecule has 158 valence electrons. The normalized spacial score (nSPS) is 23.7. The highest BCUT2D eigenvalue weighted by Gasteiger charge is 2.31. The molecular formula is C24H33NO4. The van der Waals surface area contributed by atoms with Crippen molar-refractivity contribution in [1.82, 2.24) is 0 Å². The van der Waals surface area contributed by atoms with Crippen molar-refractivity contribution >= 4 is 16.8 Å². The minimum atomic E-state index is -0.141. The van der Waals surface area contributed by atoms with E-state index in [0.29, 0.717) is 0 Å². The third-order valence-corrected chi connectivity index (χ3v) is 5.79. The standard InChI is InChI=1S/C24H33NO4/c1-6-17(21(27)11-16-7-10-22(16)29-14-28-5)18-8-9-20-23(19(18)13-26)15(2)12-24(3,4)25-20/h6,8-9,11-12,16,22,25-27H,7,10,13-14H2,1-5H3/b17-6-,21-11+. The SMILES string of the molecule is C/C=C(\C(O)=C/C1CCC1OCOC)c1ccc2c(c1CO)C(C)=CC(C)(C)N2. The largest absolute Gasteiger partial charge is 0.508 e. The molecule has 1 heterocycles. The zero-order valence-corrected chi connectivity index (χ0v) is 18.1. The van der Waals surface area contributed by atoms with Gasteiger partial charge in [-0.15, -0.1) is 0 Å². The summed E-state index contributed by atoms with van der Waals surface area (Å²) in [5, 5.41) is 24.6. The summed E-state index contributed by atoms with van der Waals surface area (Å²) in [7, 11) is 1.61. The molecule has 29 heavy (non-hydrogen) atoms. The van der Waals surface area contributed by atoms with Crippen LogP contribution in [-0.4, -0.2) is 35.8 Å². The summed E-state index contributed by atoms with van der Waals surface area (Å²) in [6.45, 7) is 8.39. The molecule has 1 aliphatic heterocycles. The van der Waals surface area contributed by atoms with E-state index in [1.165, 1.54) is 0 Å². The highest BCUT2D eigenvalue weighted by atomic mass is 16.7. The highest BCUT2D eigenvalue weighted by Crippen LogP contribution is 2.41. The molecule has 0 saturated heterocycles. The van der Waals surface area contributed by atoms with Crippen molar-refractivity contribution in [2.45, 2.75) is 58.8 Å². The molecule has 0 spiro atoms. The number of anilines is 1. The quantitative estimate of drug-likeness (QED) is 0.341. The third-order valence-electron chi connectivity index (χ3n) is 5.79. The number of ether oxygens (including phenoxy) is 2. The second-order valence-corrected chi connectivity index (χ2v) is 8.45. The molecule has 5 heteroatoms. The summed E-state index contributed by atoms with van der Waals surface area (Å²) < 4.78 is 10.7. The maximum absolute atomic E-state index is 10.9. The highest BCUT2D eigenvalue weighted by molar-refractivity contribution is 5.88. The number of aliphatic hydroxyl groups excluding tert-OH is 2. The van der Waals surface area contributed by atoms with E-state index in [0.717, 1.165) is 46.4 Å². The summed E-state index contributed by atoms with van der Waals surface area (Å²) in [5.74, 6) is 0.392. The van der Waals surface area contributed by atoms with E-state index >= 15 is 0 Å². The van der Waals surface area contributed by atoms with Crippen LogP contribution in [0.15, 0.2) is 36.1 Å². The van der Waals surface area contributed by atoms with Gasteiger partial charge in [0.2, 0.25) is 0 Å². The summed E-state index contributed by atoms with van der Waals surface area (Å²) in [6, 6.07) is 4.01. The number of rotatable bonds is 7. The number of hydrogen-bond donors (Lipinski definition) is 3. The van der Waals surface area contributed by atoms with Crippen molar-refractivity contribution in [3.8, 4) is 0 Å². The number of aliphatic hydroxyl groups is 2. The Morgan fingerprint density at radius 3 is 2.66 bits per heavy atom. The Kier molecular flexibility index (Phi) is 6.52. The molecule has 3 N–H and O–H groups in total. The Bertz CT molecular complexity index is 851. The van der Waals surface area contributed by atoms with Crippen LogP contribution in [0.4, 0.5) is 5.69 Å². The van der Waals surface area contributed by atoms with Crippen LogP contribution in [0, 0.1) is 5.92 Å². The van der Waals surface area contributed by atoms with Gasteiger partial charge < -0.3 is 25.0 Å². The Morgan fingerprint density at radius 2 is 2.07 bits per heavy atom. The lowest BCUT2D eigenvalue weighted by atomic mass is 9.80. The van der Waals surface area contributed by atoms with Crippen molar-refractivity contribution in [3.63, 3.8) is 0 Å². The van der Waals surface area contributed by atoms with Gasteiger partial charge in [0.1, 0.15) is 12.6 Å². The van der Waals surface area contributed by atoms with Gasteiger partial charge in [-0.3, -0.25) is 0 Å². The Morgan fingerprint density at radius 1 is 1.31 bits per heavy atom. The zero-order chi connectivity index (χ0) is 21.2. The fourth-order valence-electron chi connectivity index (χ4n) is 4.40. The van der Waals surface area contributed by atoms with Gasteiger partial charge in [-0.25, -0.2) is 0 Å². The van der Waals surface area contributed by atoms with E-state index in [4.69, 9.17) is 9.47 Å². The Labute approximate surface area is 173 Å². The van der Waals surface area contributed by atoms with Gasteiger partial charge in [-0.1, -0.05) is 18.2 Å². The third kappa shape index (κ3) is 4.42. The van der Waals surface area contributed by atoms with Crippen LogP contribution in [0.25, 0.3) is 11.1 Å². The van der Waals surface area contributed by atoms with Crippen LogP contribution in [0.2, 0.25) is 0 Å². The first-order chi connectivity index (χ1) is 13.8. The van der Waals surface area contributed by atoms with Crippen LogP contribution in [0.3, 0.4) is 0 Å². The van der Waals surface area contributed by atoms with Crippen LogP contribution < -0.4 is 5.32 Å². The van der Waals surface area contributed by atoms with E-state index in [9.17, 15) is 10.2 Å². The zero-order valence-electron chi connectivity index (χ0n) is 18.1. The number of fused-ring (bicyclic) bond motifs is 1. The van der Waals surface area contributed by atoms with E-state index < -0.39 is 0 Å². The second-order valence-electron chi connectivity index (χ2n) is 8.45. The maximum Gasteiger partial charge on any atom is 0.146 e. The van der Waals surface area contributed by atoms with Crippen LogP contribution in [-0.2, 0) is 16.1 Å². The average Bonchev–Trinajstić information content (AvgIpc) is 2.65. The van der Waals surface area contributed by atoms with Crippen LogP contribution >= 0.6 is 0 Å². The fourth-order valence-corrected chi connectivity index (χ4v) is 4.40. The summed E-state index contributed by atoms with van der Waals surface area (Å²) >= 11 is 0. The van der Waals surface area contributed by atoms with Crippen molar-refractivity contribution < 1.29 is 19.7 Å². The predicted molar refractivity (Wildman–Crippen MR) is 118 cm³/mol. The lowest BCUT2D eigenvalue weighted by Gasteiger charge is -2.34. The lowest BCUT2D eigenvalue weighted by Crippen LogP contribution is -2.33. The van der Waals surface area contributed by atoms with Crippen molar-refractivity contribution in [3.05, 3.63) is 52.8 Å². The first-order valence-corrected chi connectivity index (χ1v) is 10.2. The number of methoxy groups -OCH3 is 1. The van der Waals surface area contributed by atoms with Gasteiger partial charge in [0, 0.05) is 29.9 Å². The lowest BCUT2D eigenvalue weighted by molar-refractivity contribution is -0.114. The number of benzene rings is 1. The van der Waals surface area contributed by atoms with Crippen molar-refractivity contribution in [2.24, 2.45) is 5.92 Å². The van der Waals surface area contributed by atoms with Gasteiger partial charge in [-0.2, -0.15) is 0 Å². The fraction of sp³-hybridized carbons (Fsp3) is 0.500. The van der Waals surface area contributed by atoms with E-state index in [2.05, 4.69) is 32.2 Å². The van der Waals surface area contributed by atoms with Crippen molar-refractivity contribution in [1.29, 1.82) is 0 Å². The molecule has 2 unspecified atom stereocenters. The van der Waals surface area contributed by atoms with Gasteiger partial charge >= 0.3 is 0 Å². The van der Waals surface area contributed by atoms with Crippen LogP contribution in [0.5, 0.6) is 0 Å². The summed E-state index contributed by atoms with van der Waals surface area (Å²) in [6.07, 6.45) is 7.98. The molecule has 1 aromatic rings. The number of nitrogens with one attached hydrogen (secondary N) is 1. The molecule has 0 bridgehead atoms. The van der Waals surface area contributed by atoms with Gasteiger partial charge in [0.15, 0.2) is 0 Å². The first kappa shape index (κ1) is 21.6. The monoisotopic (exact) mass is 399 g/mol. The van der Waals surface area contributed by atoms with Gasteiger partial charge in [0.25, 0.3) is 0 Å². The molecule has 0 amide bonds. The van der Waals surface area contributed by atoms with Gasteiger partial charge in [0.05, 0.1) is 18.2 Å². The molecule has 0 radical (unpaired) electrons. The van der Waals surface area contributed by atoms with Gasteiger partial charge in [-0.05, 0) is 69.4 Å². The summed E-state index contributed by atoms with van der Waals surface area (Å²) in [5.41, 5.74) is 5.42. The summed E-state index contributed by atoms with van der Waals surface area (Å²) in [4.78, 5) is 0. The molecule has 1 aromatic carbocycles. The smallest absolute Gasteiger partial charge is 0.146 e. The Hall–Kier alpha value is -2.08. The predicted octanol–water partition coefficient (Wildman–Crippen LogP) is 5.03. The molecule has 1 fully saturated rings. The van der Waals surface area contributed by atoms with Crippen molar-refractivity contribution in [2.75, 3.05) is 19.2 Å². The van der Waals surface area contributed by atoms with E-state index in [1.807, 2.05) is 31.2 Å². The minimum absolute atomic E-state index is 0.0765. The molecule has 1 saturated carbocycles. The average molecular weight is 400 g/mol. The molecule has 2 atom stereocenters. The maximum atomic E-state index is 10.9. The molecule has 3 rings (SSSR count). The Balaban J connectivity index is 1.95. The topological polar surface area (TPSA) is 71.0 Å². The first-order valence-electron chi connectivity index (χ1n) is 10.2. The number of allylic oxidation sites excluding steroid dienone is 3. The minimum Gasteiger partial charge on any atom is -0.508 e. The molecule has 5 nitrogen and oxygen atoms in total. The molecular weight excluding hydrogens is 366 g/mol. The molecule has 0 aromatic heterocycles. The number of hydrogen-bond acceptors (Lipinski definition) is 5. The second kappa shape index (κ2) is 8.74. The molecule has 2 aliphatic rings. The van der Waals surface area contributed by atoms with E-state index in [1.54, 1.807) is 7.11 Å².